The van der Waals surface area contributed by atoms with Gasteiger partial charge < -0.3 is 4.90 Å². The number of allylic oxidation sites excluding steroid dienone is 2. The Labute approximate surface area is 147 Å². The number of fused-ring (bicyclic) bond motifs is 2. The fourth-order valence-electron chi connectivity index (χ4n) is 3.98. The first kappa shape index (κ1) is 15.9. The van der Waals surface area contributed by atoms with Crippen molar-refractivity contribution in [2.45, 2.75) is 26.3 Å². The smallest absolute Gasteiger partial charge is 0.274 e. The van der Waals surface area contributed by atoms with Crippen LogP contribution < -0.4 is 0 Å². The molecule has 3 atom stereocenters. The Morgan fingerprint density at radius 3 is 2.76 bits per heavy atom. The van der Waals surface area contributed by atoms with Crippen molar-refractivity contribution in [3.63, 3.8) is 0 Å². The first-order valence-electron chi connectivity index (χ1n) is 8.84. The summed E-state index contributed by atoms with van der Waals surface area (Å²) in [4.78, 5) is 27.6. The molecular formula is C20H22N4O. The molecule has 5 heteroatoms. The lowest BCUT2D eigenvalue weighted by atomic mass is 9.93. The maximum atomic E-state index is 13.0. The third-order valence-corrected chi connectivity index (χ3v) is 5.25. The van der Waals surface area contributed by atoms with Crippen molar-refractivity contribution < 1.29 is 4.79 Å². The van der Waals surface area contributed by atoms with E-state index in [9.17, 15) is 4.79 Å². The highest BCUT2D eigenvalue weighted by Crippen LogP contribution is 2.43. The molecule has 0 N–H and O–H groups in total. The second-order valence-corrected chi connectivity index (χ2v) is 7.13. The Balaban J connectivity index is 1.55. The SMILES string of the molecule is Cc1cnc(C(=O)N(Cc2cccnc2)C[C@@H]2C[C@@H]3C=C[C@H]2C3)cn1. The van der Waals surface area contributed by atoms with Gasteiger partial charge in [-0.05, 0) is 49.1 Å². The first-order valence-corrected chi connectivity index (χ1v) is 8.84. The fraction of sp³-hybridized carbons (Fsp3) is 0.400. The van der Waals surface area contributed by atoms with Gasteiger partial charge in [0.05, 0.1) is 11.9 Å². The van der Waals surface area contributed by atoms with Gasteiger partial charge in [0, 0.05) is 31.7 Å². The highest BCUT2D eigenvalue weighted by molar-refractivity contribution is 5.92. The molecule has 0 aromatic carbocycles. The van der Waals surface area contributed by atoms with Crippen molar-refractivity contribution in [3.8, 4) is 0 Å². The van der Waals surface area contributed by atoms with Crippen LogP contribution in [0.25, 0.3) is 0 Å². The van der Waals surface area contributed by atoms with Gasteiger partial charge in [0.1, 0.15) is 5.69 Å². The Morgan fingerprint density at radius 1 is 1.20 bits per heavy atom. The van der Waals surface area contributed by atoms with E-state index in [1.165, 1.54) is 12.8 Å². The fourth-order valence-corrected chi connectivity index (χ4v) is 3.98. The van der Waals surface area contributed by atoms with Crippen LogP contribution in [0.15, 0.2) is 49.1 Å². The molecule has 0 spiro atoms. The number of aromatic nitrogens is 3. The number of amides is 1. The summed E-state index contributed by atoms with van der Waals surface area (Å²) >= 11 is 0. The van der Waals surface area contributed by atoms with Crippen molar-refractivity contribution >= 4 is 5.91 Å². The minimum atomic E-state index is -0.0527. The van der Waals surface area contributed by atoms with E-state index in [-0.39, 0.29) is 5.91 Å². The number of aryl methyl sites for hydroxylation is 1. The van der Waals surface area contributed by atoms with Crippen LogP contribution in [-0.4, -0.2) is 32.3 Å². The third-order valence-electron chi connectivity index (χ3n) is 5.25. The molecule has 0 aliphatic heterocycles. The second-order valence-electron chi connectivity index (χ2n) is 7.13. The molecule has 1 fully saturated rings. The Kier molecular flexibility index (Phi) is 4.30. The quantitative estimate of drug-likeness (QED) is 0.789. The van der Waals surface area contributed by atoms with Crippen molar-refractivity contribution in [2.24, 2.45) is 17.8 Å². The average molecular weight is 334 g/mol. The van der Waals surface area contributed by atoms with E-state index in [4.69, 9.17) is 0 Å². The molecule has 0 unspecified atom stereocenters. The van der Waals surface area contributed by atoms with Crippen LogP contribution in [-0.2, 0) is 6.54 Å². The summed E-state index contributed by atoms with van der Waals surface area (Å²) in [7, 11) is 0. The summed E-state index contributed by atoms with van der Waals surface area (Å²) < 4.78 is 0. The van der Waals surface area contributed by atoms with Crippen molar-refractivity contribution in [3.05, 3.63) is 66.0 Å². The predicted octanol–water partition coefficient (Wildman–Crippen LogP) is 3.03. The van der Waals surface area contributed by atoms with Gasteiger partial charge in [0.25, 0.3) is 5.91 Å². The van der Waals surface area contributed by atoms with E-state index in [0.29, 0.717) is 30.0 Å². The van der Waals surface area contributed by atoms with E-state index < -0.39 is 0 Å². The summed E-state index contributed by atoms with van der Waals surface area (Å²) in [6, 6.07) is 3.92. The lowest BCUT2D eigenvalue weighted by molar-refractivity contribution is 0.0698. The second kappa shape index (κ2) is 6.75. The van der Waals surface area contributed by atoms with E-state index in [1.54, 1.807) is 18.6 Å². The highest BCUT2D eigenvalue weighted by Gasteiger charge is 2.37. The molecule has 2 bridgehead atoms. The number of carbonyl (C=O) groups excluding carboxylic acids is 1. The van der Waals surface area contributed by atoms with E-state index in [2.05, 4.69) is 27.1 Å². The standard InChI is InChI=1S/C20H22N4O/c1-14-9-23-19(11-22-14)20(25)24(12-16-3-2-6-21-10-16)13-18-8-15-4-5-17(18)7-15/h2-6,9-11,15,17-18H,7-8,12-13H2,1H3/t15-,17+,18+/m1/s1. The minimum Gasteiger partial charge on any atom is -0.333 e. The van der Waals surface area contributed by atoms with Crippen LogP contribution in [0.1, 0.15) is 34.6 Å². The van der Waals surface area contributed by atoms with Crippen LogP contribution in [0.5, 0.6) is 0 Å². The van der Waals surface area contributed by atoms with Crippen LogP contribution in [0, 0.1) is 24.7 Å². The number of hydrogen-bond acceptors (Lipinski definition) is 4. The number of hydrogen-bond donors (Lipinski definition) is 0. The zero-order valence-electron chi connectivity index (χ0n) is 14.4. The van der Waals surface area contributed by atoms with Gasteiger partial charge >= 0.3 is 0 Å². The predicted molar refractivity (Wildman–Crippen MR) is 94.6 cm³/mol. The zero-order chi connectivity index (χ0) is 17.2. The van der Waals surface area contributed by atoms with Crippen LogP contribution in [0.3, 0.4) is 0 Å². The van der Waals surface area contributed by atoms with Gasteiger partial charge in [0.2, 0.25) is 0 Å². The summed E-state index contributed by atoms with van der Waals surface area (Å²) in [5, 5.41) is 0. The molecular weight excluding hydrogens is 312 g/mol. The molecule has 5 nitrogen and oxygen atoms in total. The van der Waals surface area contributed by atoms with Gasteiger partial charge in [-0.1, -0.05) is 18.2 Å². The summed E-state index contributed by atoms with van der Waals surface area (Å²) in [6.07, 6.45) is 13.9. The van der Waals surface area contributed by atoms with Crippen LogP contribution in [0.4, 0.5) is 0 Å². The molecule has 2 aromatic heterocycles. The van der Waals surface area contributed by atoms with Crippen molar-refractivity contribution in [1.82, 2.24) is 19.9 Å². The molecule has 128 valence electrons. The monoisotopic (exact) mass is 334 g/mol. The molecule has 2 heterocycles. The molecule has 1 saturated carbocycles. The van der Waals surface area contributed by atoms with E-state index in [1.807, 2.05) is 30.2 Å². The number of carbonyl (C=O) groups is 1. The van der Waals surface area contributed by atoms with Gasteiger partial charge in [-0.15, -0.1) is 0 Å². The largest absolute Gasteiger partial charge is 0.333 e. The zero-order valence-corrected chi connectivity index (χ0v) is 14.4. The van der Waals surface area contributed by atoms with Crippen molar-refractivity contribution in [2.75, 3.05) is 6.54 Å². The molecule has 2 aliphatic rings. The first-order chi connectivity index (χ1) is 12.2. The molecule has 0 saturated heterocycles. The van der Waals surface area contributed by atoms with Crippen LogP contribution in [0.2, 0.25) is 0 Å². The summed E-state index contributed by atoms with van der Waals surface area (Å²) in [5.74, 6) is 1.79. The molecule has 0 radical (unpaired) electrons. The number of nitrogens with zero attached hydrogens (tertiary/aromatic N) is 4. The minimum absolute atomic E-state index is 0.0527. The molecule has 4 rings (SSSR count). The van der Waals surface area contributed by atoms with Gasteiger partial charge in [-0.2, -0.15) is 0 Å². The maximum absolute atomic E-state index is 13.0. The number of pyridine rings is 1. The highest BCUT2D eigenvalue weighted by atomic mass is 16.2. The normalized spacial score (nSPS) is 23.8. The Morgan fingerprint density at radius 2 is 2.12 bits per heavy atom. The summed E-state index contributed by atoms with van der Waals surface area (Å²) in [5.41, 5.74) is 2.26. The number of rotatable bonds is 5. The van der Waals surface area contributed by atoms with Crippen LogP contribution >= 0.6 is 0 Å². The Hall–Kier alpha value is -2.56. The van der Waals surface area contributed by atoms with Gasteiger partial charge in [-0.25, -0.2) is 4.98 Å². The summed E-state index contributed by atoms with van der Waals surface area (Å²) in [6.45, 7) is 3.19. The lowest BCUT2D eigenvalue weighted by Gasteiger charge is -2.28. The molecule has 25 heavy (non-hydrogen) atoms. The van der Waals surface area contributed by atoms with E-state index >= 15 is 0 Å². The van der Waals surface area contributed by atoms with Crippen molar-refractivity contribution in [1.29, 1.82) is 0 Å². The molecule has 2 aromatic rings. The van der Waals surface area contributed by atoms with Gasteiger partial charge in [0.15, 0.2) is 0 Å². The average Bonchev–Trinajstić information content (AvgIpc) is 3.25. The molecule has 2 aliphatic carbocycles. The third kappa shape index (κ3) is 3.45. The topological polar surface area (TPSA) is 59.0 Å². The van der Waals surface area contributed by atoms with E-state index in [0.717, 1.165) is 17.8 Å². The molecule has 1 amide bonds. The lowest BCUT2D eigenvalue weighted by Crippen LogP contribution is -2.36. The maximum Gasteiger partial charge on any atom is 0.274 e. The van der Waals surface area contributed by atoms with Gasteiger partial charge in [-0.3, -0.25) is 14.8 Å². The Bertz CT molecular complexity index is 772.